The van der Waals surface area contributed by atoms with E-state index in [-0.39, 0.29) is 16.5 Å². The average molecular weight is 456 g/mol. The number of ketones is 1. The van der Waals surface area contributed by atoms with Gasteiger partial charge in [-0.3, -0.25) is 4.79 Å². The highest BCUT2D eigenvalue weighted by molar-refractivity contribution is 9.12. The van der Waals surface area contributed by atoms with Gasteiger partial charge in [-0.25, -0.2) is 4.39 Å². The summed E-state index contributed by atoms with van der Waals surface area (Å²) in [6, 6.07) is 0. The van der Waals surface area contributed by atoms with E-state index >= 15 is 0 Å². The van der Waals surface area contributed by atoms with Gasteiger partial charge in [0.2, 0.25) is 0 Å². The summed E-state index contributed by atoms with van der Waals surface area (Å²) >= 11 is 9.52. The Morgan fingerprint density at radius 1 is 1.24 bits per heavy atom. The van der Waals surface area contributed by atoms with E-state index in [9.17, 15) is 9.18 Å². The molecule has 0 saturated carbocycles. The van der Waals surface area contributed by atoms with E-state index in [1.807, 2.05) is 0 Å². The smallest absolute Gasteiger partial charge is 0.176 e. The number of Topliss-reactive ketones (excluding diaryl/α,β-unsaturated/α-hetero) is 1. The summed E-state index contributed by atoms with van der Waals surface area (Å²) in [6.07, 6.45) is 4.74. The van der Waals surface area contributed by atoms with Crippen LogP contribution in [-0.4, -0.2) is 5.78 Å². The van der Waals surface area contributed by atoms with Crippen molar-refractivity contribution >= 4 is 70.4 Å². The van der Waals surface area contributed by atoms with E-state index in [1.54, 1.807) is 0 Å². The van der Waals surface area contributed by atoms with Gasteiger partial charge in [-0.1, -0.05) is 39.5 Å². The molecule has 0 aliphatic rings. The van der Waals surface area contributed by atoms with E-state index in [4.69, 9.17) is 0 Å². The largest absolute Gasteiger partial charge is 0.293 e. The number of hydrogen-bond donors (Lipinski definition) is 0. The van der Waals surface area contributed by atoms with Crippen molar-refractivity contribution in [2.45, 2.75) is 46.0 Å². The number of hydrogen-bond acceptors (Lipinski definition) is 3. The van der Waals surface area contributed by atoms with Gasteiger partial charge in [0, 0.05) is 6.42 Å². The highest BCUT2D eigenvalue weighted by Gasteiger charge is 2.25. The fourth-order valence-electron chi connectivity index (χ4n) is 2.38. The zero-order chi connectivity index (χ0) is 15.6. The Labute approximate surface area is 149 Å². The van der Waals surface area contributed by atoms with E-state index < -0.39 is 0 Å². The molecule has 21 heavy (non-hydrogen) atoms. The number of thiophene rings is 2. The molecule has 1 atom stereocenters. The van der Waals surface area contributed by atoms with Crippen molar-refractivity contribution in [1.82, 2.24) is 0 Å². The van der Waals surface area contributed by atoms with Gasteiger partial charge in [-0.05, 0) is 37.8 Å². The molecule has 1 unspecified atom stereocenters. The van der Waals surface area contributed by atoms with Crippen LogP contribution >= 0.6 is 54.5 Å². The molecule has 0 N–H and O–H groups in total. The average Bonchev–Trinajstić information content (AvgIpc) is 2.94. The second-order valence-electron chi connectivity index (χ2n) is 5.14. The van der Waals surface area contributed by atoms with Crippen LogP contribution in [0.3, 0.4) is 0 Å². The standard InChI is InChI=1S/C15H17Br2FOS2/c1-3-5-6-8(4-2)7-9(19)12-11(18)10-13(20-12)15(17)21-14(10)16/h8H,3-7H2,1-2H3. The van der Waals surface area contributed by atoms with Gasteiger partial charge in [0.05, 0.1) is 17.7 Å². The number of unbranched alkanes of at least 4 members (excludes halogenated alkanes) is 1. The minimum absolute atomic E-state index is 0.0551. The van der Waals surface area contributed by atoms with Crippen LogP contribution < -0.4 is 0 Å². The third-order valence-corrected chi connectivity index (χ3v) is 7.82. The van der Waals surface area contributed by atoms with Crippen molar-refractivity contribution in [2.75, 3.05) is 0 Å². The topological polar surface area (TPSA) is 17.1 Å². The van der Waals surface area contributed by atoms with Crippen LogP contribution in [-0.2, 0) is 0 Å². The molecule has 1 nitrogen and oxygen atoms in total. The molecule has 0 saturated heterocycles. The Bertz CT molecular complexity index is 648. The monoisotopic (exact) mass is 454 g/mol. The predicted molar refractivity (Wildman–Crippen MR) is 97.3 cm³/mol. The predicted octanol–water partition coefficient (Wildman–Crippen LogP) is 7.42. The van der Waals surface area contributed by atoms with Crippen molar-refractivity contribution in [3.05, 3.63) is 18.3 Å². The Morgan fingerprint density at radius 2 is 1.95 bits per heavy atom. The van der Waals surface area contributed by atoms with Crippen molar-refractivity contribution in [1.29, 1.82) is 0 Å². The maximum absolute atomic E-state index is 14.5. The molecule has 0 aliphatic carbocycles. The van der Waals surface area contributed by atoms with Gasteiger partial charge in [0.1, 0.15) is 4.88 Å². The van der Waals surface area contributed by atoms with E-state index in [2.05, 4.69) is 45.7 Å². The van der Waals surface area contributed by atoms with Crippen LogP contribution in [0.2, 0.25) is 0 Å². The lowest BCUT2D eigenvalue weighted by Gasteiger charge is -2.12. The maximum atomic E-state index is 14.5. The molecular formula is C15H17Br2FOS2. The zero-order valence-corrected chi connectivity index (χ0v) is 16.8. The van der Waals surface area contributed by atoms with Gasteiger partial charge < -0.3 is 0 Å². The quantitative estimate of drug-likeness (QED) is 0.397. The third-order valence-electron chi connectivity index (χ3n) is 3.67. The van der Waals surface area contributed by atoms with Gasteiger partial charge in [0.15, 0.2) is 11.6 Å². The van der Waals surface area contributed by atoms with Gasteiger partial charge in [-0.15, -0.1) is 22.7 Å². The highest BCUT2D eigenvalue weighted by Crippen LogP contribution is 2.46. The molecule has 6 heteroatoms. The van der Waals surface area contributed by atoms with E-state index in [0.29, 0.717) is 17.7 Å². The van der Waals surface area contributed by atoms with Gasteiger partial charge in [0.25, 0.3) is 0 Å². The minimum Gasteiger partial charge on any atom is -0.293 e. The first kappa shape index (κ1) is 17.6. The molecule has 0 amide bonds. The molecule has 2 aromatic rings. The Hall–Kier alpha value is 0.220. The van der Waals surface area contributed by atoms with E-state index in [0.717, 1.165) is 38.0 Å². The molecule has 0 aromatic carbocycles. The second-order valence-corrected chi connectivity index (χ2v) is 9.82. The van der Waals surface area contributed by atoms with Crippen molar-refractivity contribution < 1.29 is 9.18 Å². The molecule has 2 aromatic heterocycles. The zero-order valence-electron chi connectivity index (χ0n) is 12.0. The van der Waals surface area contributed by atoms with Gasteiger partial charge >= 0.3 is 0 Å². The first-order valence-electron chi connectivity index (χ1n) is 7.08. The molecule has 2 rings (SSSR count). The summed E-state index contributed by atoms with van der Waals surface area (Å²) in [5.41, 5.74) is 0. The third kappa shape index (κ3) is 3.77. The van der Waals surface area contributed by atoms with Crippen LogP contribution in [0, 0.1) is 11.7 Å². The number of carbonyl (C=O) groups excluding carboxylic acids is 1. The normalized spacial score (nSPS) is 13.0. The van der Waals surface area contributed by atoms with E-state index in [1.165, 1.54) is 22.7 Å². The van der Waals surface area contributed by atoms with Crippen molar-refractivity contribution in [2.24, 2.45) is 5.92 Å². The summed E-state index contributed by atoms with van der Waals surface area (Å²) in [7, 11) is 0. The molecule has 116 valence electrons. The SMILES string of the molecule is CCCCC(CC)CC(=O)c1sc2c(Br)sc(Br)c2c1F. The molecule has 0 aliphatic heterocycles. The van der Waals surface area contributed by atoms with Crippen LogP contribution in [0.15, 0.2) is 7.57 Å². The van der Waals surface area contributed by atoms with Crippen molar-refractivity contribution in [3.63, 3.8) is 0 Å². The molecule has 2 heterocycles. The van der Waals surface area contributed by atoms with Crippen molar-refractivity contribution in [3.8, 4) is 0 Å². The maximum Gasteiger partial charge on any atom is 0.176 e. The van der Waals surface area contributed by atoms with Crippen LogP contribution in [0.1, 0.15) is 55.6 Å². The number of rotatable bonds is 7. The summed E-state index contributed by atoms with van der Waals surface area (Å²) in [4.78, 5) is 12.7. The Kier molecular flexibility index (Phi) is 6.41. The Balaban J connectivity index is 2.23. The summed E-state index contributed by atoms with van der Waals surface area (Å²) in [6.45, 7) is 4.25. The molecule has 0 bridgehead atoms. The second kappa shape index (κ2) is 7.66. The fraction of sp³-hybridized carbons (Fsp3) is 0.533. The number of fused-ring (bicyclic) bond motifs is 1. The minimum atomic E-state index is -0.362. The number of halogens is 3. The van der Waals surface area contributed by atoms with Crippen LogP contribution in [0.5, 0.6) is 0 Å². The highest BCUT2D eigenvalue weighted by atomic mass is 79.9. The van der Waals surface area contributed by atoms with Crippen LogP contribution in [0.25, 0.3) is 10.1 Å². The summed E-state index contributed by atoms with van der Waals surface area (Å²) < 4.78 is 17.0. The molecule has 0 fully saturated rings. The lowest BCUT2D eigenvalue weighted by atomic mass is 9.93. The molecule has 0 spiro atoms. The van der Waals surface area contributed by atoms with Crippen LogP contribution in [0.4, 0.5) is 4.39 Å². The number of carbonyl (C=O) groups is 1. The fourth-order valence-corrected chi connectivity index (χ4v) is 6.87. The lowest BCUT2D eigenvalue weighted by molar-refractivity contribution is 0.0957. The van der Waals surface area contributed by atoms with Gasteiger partial charge in [-0.2, -0.15) is 0 Å². The Morgan fingerprint density at radius 3 is 2.52 bits per heavy atom. The first-order valence-corrected chi connectivity index (χ1v) is 10.3. The molecule has 0 radical (unpaired) electrons. The first-order chi connectivity index (χ1) is 9.99. The lowest BCUT2D eigenvalue weighted by Crippen LogP contribution is -2.08. The summed E-state index contributed by atoms with van der Waals surface area (Å²) in [5.74, 6) is -0.0531. The summed E-state index contributed by atoms with van der Waals surface area (Å²) in [5, 5.41) is 0.543. The molecular weight excluding hydrogens is 439 g/mol.